The fraction of sp³-hybridized carbons (Fsp3) is 0.545. The Morgan fingerprint density at radius 2 is 1.89 bits per heavy atom. The number of hydrogen-bond donors (Lipinski definition) is 0. The lowest BCUT2D eigenvalue weighted by Crippen LogP contribution is -2.30. The van der Waals surface area contributed by atoms with Crippen LogP contribution in [0.4, 0.5) is 0 Å². The highest BCUT2D eigenvalue weighted by Crippen LogP contribution is 2.27. The van der Waals surface area contributed by atoms with Gasteiger partial charge in [0.25, 0.3) is 0 Å². The van der Waals surface area contributed by atoms with E-state index in [4.69, 9.17) is 9.15 Å². The molecule has 0 radical (unpaired) electrons. The summed E-state index contributed by atoms with van der Waals surface area (Å²) in [5.41, 5.74) is 3.60. The standard InChI is InChI=1S/C22H31NO4/c1-14(2)12-23(8-7-21(24)26-6)13-17-10-22(25)27-20-9-16(5)18(15(3)4)11-19(17)20/h9-11,14-15H,7-8,12-13H2,1-6H3. The summed E-state index contributed by atoms with van der Waals surface area (Å²) in [5.74, 6) is 0.613. The average molecular weight is 373 g/mol. The van der Waals surface area contributed by atoms with Crippen molar-refractivity contribution < 1.29 is 13.9 Å². The summed E-state index contributed by atoms with van der Waals surface area (Å²) >= 11 is 0. The summed E-state index contributed by atoms with van der Waals surface area (Å²) < 4.78 is 10.2. The molecule has 0 aliphatic rings. The summed E-state index contributed by atoms with van der Waals surface area (Å²) in [6.07, 6.45) is 0.332. The third-order valence-electron chi connectivity index (χ3n) is 4.72. The summed E-state index contributed by atoms with van der Waals surface area (Å²) in [6.45, 7) is 12.7. The molecule has 5 heteroatoms. The minimum absolute atomic E-state index is 0.223. The molecule has 2 rings (SSSR count). The first-order chi connectivity index (χ1) is 12.7. The van der Waals surface area contributed by atoms with E-state index in [0.29, 0.717) is 36.9 Å². The highest BCUT2D eigenvalue weighted by molar-refractivity contribution is 5.82. The van der Waals surface area contributed by atoms with E-state index in [1.807, 2.05) is 13.0 Å². The molecule has 0 atom stereocenters. The van der Waals surface area contributed by atoms with E-state index in [9.17, 15) is 9.59 Å². The molecule has 0 aliphatic heterocycles. The lowest BCUT2D eigenvalue weighted by molar-refractivity contribution is -0.141. The summed E-state index contributed by atoms with van der Waals surface area (Å²) in [7, 11) is 1.40. The number of aryl methyl sites for hydroxylation is 1. The van der Waals surface area contributed by atoms with Crippen molar-refractivity contribution in [3.8, 4) is 0 Å². The average Bonchev–Trinajstić information content (AvgIpc) is 2.57. The van der Waals surface area contributed by atoms with Crippen LogP contribution in [0.1, 0.15) is 56.7 Å². The van der Waals surface area contributed by atoms with Crippen LogP contribution in [0.15, 0.2) is 27.4 Å². The molecule has 0 amide bonds. The van der Waals surface area contributed by atoms with E-state index in [-0.39, 0.29) is 11.6 Å². The number of fused-ring (bicyclic) bond motifs is 1. The molecule has 0 saturated carbocycles. The Morgan fingerprint density at radius 1 is 1.19 bits per heavy atom. The summed E-state index contributed by atoms with van der Waals surface area (Å²) in [6, 6.07) is 5.67. The number of methoxy groups -OCH3 is 1. The maximum absolute atomic E-state index is 12.1. The van der Waals surface area contributed by atoms with Gasteiger partial charge < -0.3 is 9.15 Å². The molecule has 0 fully saturated rings. The van der Waals surface area contributed by atoms with Crippen LogP contribution in [0.25, 0.3) is 11.0 Å². The number of esters is 1. The monoisotopic (exact) mass is 373 g/mol. The third kappa shape index (κ3) is 5.67. The maximum Gasteiger partial charge on any atom is 0.336 e. The first-order valence-electron chi connectivity index (χ1n) is 9.57. The van der Waals surface area contributed by atoms with E-state index >= 15 is 0 Å². The van der Waals surface area contributed by atoms with Gasteiger partial charge in [0.2, 0.25) is 0 Å². The second-order valence-corrected chi connectivity index (χ2v) is 7.91. The number of nitrogens with zero attached hydrogens (tertiary/aromatic N) is 1. The van der Waals surface area contributed by atoms with E-state index < -0.39 is 0 Å². The molecule has 1 aromatic heterocycles. The van der Waals surface area contributed by atoms with Gasteiger partial charge in [-0.1, -0.05) is 27.7 Å². The molecule has 2 aromatic rings. The van der Waals surface area contributed by atoms with Crippen molar-refractivity contribution in [2.75, 3.05) is 20.2 Å². The van der Waals surface area contributed by atoms with Crippen LogP contribution in [0.2, 0.25) is 0 Å². The first kappa shape index (κ1) is 21.2. The molecule has 5 nitrogen and oxygen atoms in total. The Morgan fingerprint density at radius 3 is 2.48 bits per heavy atom. The van der Waals surface area contributed by atoms with Gasteiger partial charge in [0.1, 0.15) is 5.58 Å². The van der Waals surface area contributed by atoms with Crippen LogP contribution in [-0.4, -0.2) is 31.1 Å². The van der Waals surface area contributed by atoms with Gasteiger partial charge in [-0.3, -0.25) is 9.69 Å². The van der Waals surface area contributed by atoms with Gasteiger partial charge in [0, 0.05) is 31.1 Å². The van der Waals surface area contributed by atoms with Crippen molar-refractivity contribution in [2.24, 2.45) is 5.92 Å². The lowest BCUT2D eigenvalue weighted by atomic mass is 9.94. The minimum atomic E-state index is -0.341. The summed E-state index contributed by atoms with van der Waals surface area (Å²) in [5, 5.41) is 0.968. The highest BCUT2D eigenvalue weighted by Gasteiger charge is 2.16. The fourth-order valence-corrected chi connectivity index (χ4v) is 3.49. The molecule has 0 aliphatic carbocycles. The minimum Gasteiger partial charge on any atom is -0.469 e. The number of carbonyl (C=O) groups is 1. The Hall–Kier alpha value is -2.14. The van der Waals surface area contributed by atoms with Gasteiger partial charge >= 0.3 is 11.6 Å². The predicted molar refractivity (Wildman–Crippen MR) is 108 cm³/mol. The van der Waals surface area contributed by atoms with Crippen LogP contribution in [0, 0.1) is 12.8 Å². The predicted octanol–water partition coefficient (Wildman–Crippen LogP) is 4.25. The Kier molecular flexibility index (Phi) is 7.19. The SMILES string of the molecule is COC(=O)CCN(Cc1cc(=O)oc2cc(C)c(C(C)C)cc12)CC(C)C. The number of rotatable bonds is 8. The molecule has 27 heavy (non-hydrogen) atoms. The van der Waals surface area contributed by atoms with Crippen molar-refractivity contribution >= 4 is 16.9 Å². The van der Waals surface area contributed by atoms with E-state index in [1.165, 1.54) is 12.7 Å². The van der Waals surface area contributed by atoms with Gasteiger partial charge in [0.05, 0.1) is 13.5 Å². The Balaban J connectivity index is 2.42. The summed E-state index contributed by atoms with van der Waals surface area (Å²) in [4.78, 5) is 25.9. The molecule has 0 unspecified atom stereocenters. The van der Waals surface area contributed by atoms with Crippen molar-refractivity contribution in [3.63, 3.8) is 0 Å². The molecule has 0 saturated heterocycles. The molecule has 0 spiro atoms. The quantitative estimate of drug-likeness (QED) is 0.511. The van der Waals surface area contributed by atoms with Crippen molar-refractivity contribution in [3.05, 3.63) is 45.3 Å². The zero-order valence-electron chi connectivity index (χ0n) is 17.3. The van der Waals surface area contributed by atoms with E-state index in [1.54, 1.807) is 6.07 Å². The van der Waals surface area contributed by atoms with Gasteiger partial charge in [-0.05, 0) is 47.6 Å². The van der Waals surface area contributed by atoms with Crippen LogP contribution in [0.3, 0.4) is 0 Å². The molecular formula is C22H31NO4. The number of hydrogen-bond acceptors (Lipinski definition) is 5. The first-order valence-corrected chi connectivity index (χ1v) is 9.57. The second kappa shape index (κ2) is 9.18. The van der Waals surface area contributed by atoms with Gasteiger partial charge in [0.15, 0.2) is 0 Å². The van der Waals surface area contributed by atoms with E-state index in [0.717, 1.165) is 23.1 Å². The molecule has 0 N–H and O–H groups in total. The van der Waals surface area contributed by atoms with Crippen LogP contribution in [-0.2, 0) is 16.1 Å². The van der Waals surface area contributed by atoms with Gasteiger partial charge in [-0.25, -0.2) is 4.79 Å². The Bertz CT molecular complexity index is 851. The van der Waals surface area contributed by atoms with E-state index in [2.05, 4.69) is 38.7 Å². The molecular weight excluding hydrogens is 342 g/mol. The fourth-order valence-electron chi connectivity index (χ4n) is 3.49. The topological polar surface area (TPSA) is 59.8 Å². The molecule has 148 valence electrons. The van der Waals surface area contributed by atoms with Crippen molar-refractivity contribution in [2.45, 2.75) is 53.5 Å². The van der Waals surface area contributed by atoms with Crippen molar-refractivity contribution in [1.82, 2.24) is 4.90 Å². The largest absolute Gasteiger partial charge is 0.469 e. The third-order valence-corrected chi connectivity index (χ3v) is 4.72. The lowest BCUT2D eigenvalue weighted by Gasteiger charge is -2.24. The molecule has 1 aromatic carbocycles. The van der Waals surface area contributed by atoms with Gasteiger partial charge in [-0.2, -0.15) is 0 Å². The smallest absolute Gasteiger partial charge is 0.336 e. The number of benzene rings is 1. The zero-order chi connectivity index (χ0) is 20.1. The maximum atomic E-state index is 12.1. The molecule has 0 bridgehead atoms. The Labute approximate surface area is 161 Å². The zero-order valence-corrected chi connectivity index (χ0v) is 17.3. The number of ether oxygens (including phenoxy) is 1. The van der Waals surface area contributed by atoms with Crippen LogP contribution >= 0.6 is 0 Å². The van der Waals surface area contributed by atoms with Crippen LogP contribution < -0.4 is 5.63 Å². The number of carbonyl (C=O) groups excluding carboxylic acids is 1. The molecule has 1 heterocycles. The second-order valence-electron chi connectivity index (χ2n) is 7.91. The highest BCUT2D eigenvalue weighted by atomic mass is 16.5. The van der Waals surface area contributed by atoms with Crippen molar-refractivity contribution in [1.29, 1.82) is 0 Å². The normalized spacial score (nSPS) is 11.7. The van der Waals surface area contributed by atoms with Crippen LogP contribution in [0.5, 0.6) is 0 Å². The van der Waals surface area contributed by atoms with Gasteiger partial charge in [-0.15, -0.1) is 0 Å².